The van der Waals surface area contributed by atoms with Crippen LogP contribution in [0.5, 0.6) is 5.75 Å². The molecule has 0 bridgehead atoms. The Morgan fingerprint density at radius 2 is 2.12 bits per heavy atom. The minimum absolute atomic E-state index is 0.169. The van der Waals surface area contributed by atoms with Crippen molar-refractivity contribution in [3.63, 3.8) is 0 Å². The van der Waals surface area contributed by atoms with Crippen LogP contribution in [0.1, 0.15) is 0 Å². The van der Waals surface area contributed by atoms with Crippen molar-refractivity contribution >= 4 is 45.4 Å². The van der Waals surface area contributed by atoms with Crippen molar-refractivity contribution in [2.45, 2.75) is 5.22 Å². The Morgan fingerprint density at radius 1 is 1.23 bits per heavy atom. The molecule has 0 aliphatic carbocycles. The summed E-state index contributed by atoms with van der Waals surface area (Å²) in [4.78, 5) is 21.1. The lowest BCUT2D eigenvalue weighted by atomic mass is 10.2. The number of carbonyl (C=O) groups is 1. The third-order valence-corrected chi connectivity index (χ3v) is 4.62. The predicted octanol–water partition coefficient (Wildman–Crippen LogP) is 4.12. The van der Waals surface area contributed by atoms with Gasteiger partial charge in [0.05, 0.1) is 24.1 Å². The molecule has 1 N–H and O–H groups in total. The maximum atomic E-state index is 12.4. The van der Waals surface area contributed by atoms with Gasteiger partial charge >= 0.3 is 0 Å². The van der Waals surface area contributed by atoms with E-state index >= 15 is 0 Å². The molecule has 0 unspecified atom stereocenters. The van der Waals surface area contributed by atoms with Gasteiger partial charge in [-0.2, -0.15) is 0 Å². The number of thioether (sulfide) groups is 1. The van der Waals surface area contributed by atoms with Crippen LogP contribution < -0.4 is 10.1 Å². The summed E-state index contributed by atoms with van der Waals surface area (Å²) in [5.74, 6) is 0.670. The van der Waals surface area contributed by atoms with Crippen LogP contribution in [0, 0.1) is 0 Å². The average molecular weight is 365 g/mol. The molecule has 0 saturated carbocycles. The van der Waals surface area contributed by atoms with Gasteiger partial charge in [-0.15, -0.1) is 0 Å². The van der Waals surface area contributed by atoms with Gasteiger partial charge in [0.15, 0.2) is 5.58 Å². The van der Waals surface area contributed by atoms with Crippen molar-refractivity contribution in [2.24, 2.45) is 0 Å². The second kappa shape index (κ2) is 7.05. The van der Waals surface area contributed by atoms with E-state index in [4.69, 9.17) is 9.15 Å². The van der Waals surface area contributed by atoms with E-state index in [-0.39, 0.29) is 11.7 Å². The first kappa shape index (κ1) is 16.4. The SMILES string of the molecule is COc1cc(NC(=O)CSc2nc3ccccc3o2)c2ncccc2c1. The molecule has 0 spiro atoms. The first-order valence-electron chi connectivity index (χ1n) is 7.94. The van der Waals surface area contributed by atoms with E-state index < -0.39 is 0 Å². The number of fused-ring (bicyclic) bond motifs is 2. The molecular formula is C19H15N3O3S. The molecule has 0 saturated heterocycles. The molecule has 6 nitrogen and oxygen atoms in total. The van der Waals surface area contributed by atoms with Crippen LogP contribution in [0.4, 0.5) is 5.69 Å². The number of aromatic nitrogens is 2. The second-order valence-electron chi connectivity index (χ2n) is 5.53. The van der Waals surface area contributed by atoms with E-state index in [1.807, 2.05) is 42.5 Å². The number of methoxy groups -OCH3 is 1. The van der Waals surface area contributed by atoms with E-state index in [1.54, 1.807) is 19.4 Å². The number of hydrogen-bond acceptors (Lipinski definition) is 6. The topological polar surface area (TPSA) is 77.2 Å². The quantitative estimate of drug-likeness (QED) is 0.536. The molecule has 0 aliphatic rings. The van der Waals surface area contributed by atoms with Gasteiger partial charge in [0.25, 0.3) is 5.22 Å². The molecule has 4 rings (SSSR count). The first-order valence-corrected chi connectivity index (χ1v) is 8.92. The molecule has 7 heteroatoms. The summed E-state index contributed by atoms with van der Waals surface area (Å²) in [7, 11) is 1.59. The molecule has 0 fully saturated rings. The molecule has 1 amide bonds. The Labute approximate surface area is 153 Å². The van der Waals surface area contributed by atoms with Crippen LogP contribution >= 0.6 is 11.8 Å². The van der Waals surface area contributed by atoms with Crippen LogP contribution in [0.15, 0.2) is 64.4 Å². The summed E-state index contributed by atoms with van der Waals surface area (Å²) in [6.45, 7) is 0. The number of pyridine rings is 1. The van der Waals surface area contributed by atoms with E-state index in [0.29, 0.717) is 27.8 Å². The Morgan fingerprint density at radius 3 is 2.96 bits per heavy atom. The lowest BCUT2D eigenvalue weighted by molar-refractivity contribution is -0.113. The smallest absolute Gasteiger partial charge is 0.257 e. The van der Waals surface area contributed by atoms with Crippen molar-refractivity contribution in [3.05, 3.63) is 54.7 Å². The second-order valence-corrected chi connectivity index (χ2v) is 6.46. The van der Waals surface area contributed by atoms with Crippen molar-refractivity contribution in [1.29, 1.82) is 0 Å². The van der Waals surface area contributed by atoms with Gasteiger partial charge in [-0.25, -0.2) is 4.98 Å². The number of carbonyl (C=O) groups excluding carboxylic acids is 1. The highest BCUT2D eigenvalue weighted by atomic mass is 32.2. The number of amides is 1. The Bertz CT molecular complexity index is 1060. The lowest BCUT2D eigenvalue weighted by Crippen LogP contribution is -2.14. The van der Waals surface area contributed by atoms with Gasteiger partial charge in [-0.1, -0.05) is 30.0 Å². The molecule has 130 valence electrons. The number of nitrogens with one attached hydrogen (secondary N) is 1. The number of ether oxygens (including phenoxy) is 1. The zero-order valence-corrected chi connectivity index (χ0v) is 14.7. The Balaban J connectivity index is 1.50. The zero-order valence-electron chi connectivity index (χ0n) is 13.9. The Hall–Kier alpha value is -3.06. The number of nitrogens with zero attached hydrogens (tertiary/aromatic N) is 2. The summed E-state index contributed by atoms with van der Waals surface area (Å²) in [5.41, 5.74) is 2.81. The van der Waals surface area contributed by atoms with Crippen LogP contribution in [0.25, 0.3) is 22.0 Å². The highest BCUT2D eigenvalue weighted by Gasteiger charge is 2.12. The molecular weight excluding hydrogens is 350 g/mol. The molecule has 2 aromatic carbocycles. The Kier molecular flexibility index (Phi) is 4.45. The summed E-state index contributed by atoms with van der Waals surface area (Å²) >= 11 is 1.25. The maximum absolute atomic E-state index is 12.4. The third-order valence-electron chi connectivity index (χ3n) is 3.79. The normalized spacial score (nSPS) is 11.0. The van der Waals surface area contributed by atoms with Gasteiger partial charge in [0.1, 0.15) is 11.3 Å². The highest BCUT2D eigenvalue weighted by molar-refractivity contribution is 7.99. The molecule has 2 aromatic heterocycles. The van der Waals surface area contributed by atoms with Gasteiger partial charge in [-0.3, -0.25) is 9.78 Å². The summed E-state index contributed by atoms with van der Waals surface area (Å²) in [6.07, 6.45) is 1.69. The summed E-state index contributed by atoms with van der Waals surface area (Å²) in [6, 6.07) is 14.9. The van der Waals surface area contributed by atoms with Crippen LogP contribution in [-0.4, -0.2) is 28.7 Å². The summed E-state index contributed by atoms with van der Waals surface area (Å²) < 4.78 is 10.9. The standard InChI is InChI=1S/C19H15N3O3S/c1-24-13-9-12-5-4-8-20-18(12)15(10-13)21-17(23)11-26-19-22-14-6-2-3-7-16(14)25-19/h2-10H,11H2,1H3,(H,21,23). The average Bonchev–Trinajstić information content (AvgIpc) is 3.09. The fourth-order valence-electron chi connectivity index (χ4n) is 2.60. The van der Waals surface area contributed by atoms with Crippen molar-refractivity contribution in [1.82, 2.24) is 9.97 Å². The molecule has 0 atom stereocenters. The molecule has 26 heavy (non-hydrogen) atoms. The van der Waals surface area contributed by atoms with Crippen molar-refractivity contribution in [2.75, 3.05) is 18.2 Å². The number of anilines is 1. The minimum Gasteiger partial charge on any atom is -0.497 e. The van der Waals surface area contributed by atoms with Crippen LogP contribution in [-0.2, 0) is 4.79 Å². The first-order chi connectivity index (χ1) is 12.7. The number of benzene rings is 2. The van der Waals surface area contributed by atoms with Gasteiger partial charge < -0.3 is 14.5 Å². The third kappa shape index (κ3) is 3.34. The van der Waals surface area contributed by atoms with Crippen LogP contribution in [0.3, 0.4) is 0 Å². The highest BCUT2D eigenvalue weighted by Crippen LogP contribution is 2.28. The lowest BCUT2D eigenvalue weighted by Gasteiger charge is -2.10. The molecule has 4 aromatic rings. The van der Waals surface area contributed by atoms with Gasteiger partial charge in [0, 0.05) is 17.6 Å². The van der Waals surface area contributed by atoms with Crippen molar-refractivity contribution in [3.8, 4) is 5.75 Å². The van der Waals surface area contributed by atoms with E-state index in [9.17, 15) is 4.79 Å². The van der Waals surface area contributed by atoms with Gasteiger partial charge in [-0.05, 0) is 24.3 Å². The van der Waals surface area contributed by atoms with Crippen LogP contribution in [0.2, 0.25) is 0 Å². The molecule has 0 radical (unpaired) electrons. The maximum Gasteiger partial charge on any atom is 0.257 e. The van der Waals surface area contributed by atoms with E-state index in [0.717, 1.165) is 10.9 Å². The minimum atomic E-state index is -0.169. The predicted molar refractivity (Wildman–Crippen MR) is 102 cm³/mol. The number of hydrogen-bond donors (Lipinski definition) is 1. The van der Waals surface area contributed by atoms with E-state index in [2.05, 4.69) is 15.3 Å². The summed E-state index contributed by atoms with van der Waals surface area (Å²) in [5, 5.41) is 4.26. The number of rotatable bonds is 5. The van der Waals surface area contributed by atoms with Crippen molar-refractivity contribution < 1.29 is 13.9 Å². The fourth-order valence-corrected chi connectivity index (χ4v) is 3.24. The number of oxazole rings is 1. The number of para-hydroxylation sites is 2. The monoisotopic (exact) mass is 365 g/mol. The fraction of sp³-hybridized carbons (Fsp3) is 0.105. The molecule has 2 heterocycles. The zero-order chi connectivity index (χ0) is 17.9. The van der Waals surface area contributed by atoms with E-state index in [1.165, 1.54) is 11.8 Å². The molecule has 0 aliphatic heterocycles. The van der Waals surface area contributed by atoms with Gasteiger partial charge in [0.2, 0.25) is 5.91 Å². The largest absolute Gasteiger partial charge is 0.497 e.